The molecule has 1 fully saturated rings. The monoisotopic (exact) mass is 301 g/mol. The van der Waals surface area contributed by atoms with Crippen LogP contribution in [0.25, 0.3) is 0 Å². The molecule has 0 radical (unpaired) electrons. The summed E-state index contributed by atoms with van der Waals surface area (Å²) >= 11 is 3.21. The van der Waals surface area contributed by atoms with Gasteiger partial charge in [0.1, 0.15) is 16.4 Å². The van der Waals surface area contributed by atoms with E-state index in [2.05, 4.69) is 37.7 Å². The summed E-state index contributed by atoms with van der Waals surface area (Å²) in [5.74, 6) is 0.619. The van der Waals surface area contributed by atoms with E-state index in [0.717, 1.165) is 19.6 Å². The molecule has 1 aromatic rings. The molecular weight excluding hydrogens is 286 g/mol. The van der Waals surface area contributed by atoms with Crippen molar-refractivity contribution in [3.63, 3.8) is 0 Å². The molecule has 1 saturated heterocycles. The van der Waals surface area contributed by atoms with E-state index in [-0.39, 0.29) is 11.7 Å². The van der Waals surface area contributed by atoms with E-state index in [1.54, 1.807) is 0 Å². The first-order valence-electron chi connectivity index (χ1n) is 5.72. The molecule has 2 rings (SSSR count). The Morgan fingerprint density at radius 1 is 1.65 bits per heavy atom. The maximum absolute atomic E-state index is 11.6. The van der Waals surface area contributed by atoms with Crippen LogP contribution >= 0.6 is 15.9 Å². The van der Waals surface area contributed by atoms with Crippen LogP contribution in [0.1, 0.15) is 24.5 Å². The van der Waals surface area contributed by atoms with Gasteiger partial charge in [-0.3, -0.25) is 9.69 Å². The Bertz CT molecular complexity index is 461. The van der Waals surface area contributed by atoms with Crippen LogP contribution < -0.4 is 5.56 Å². The van der Waals surface area contributed by atoms with Gasteiger partial charge < -0.3 is 9.72 Å². The number of likely N-dealkylation sites (N-methyl/N-ethyl adjacent to an activating group) is 1. The summed E-state index contributed by atoms with van der Waals surface area (Å²) in [7, 11) is 0. The fourth-order valence-electron chi connectivity index (χ4n) is 1.90. The normalized spacial score (nSPS) is 21.7. The number of aromatic amines is 1. The van der Waals surface area contributed by atoms with Crippen molar-refractivity contribution in [3.8, 4) is 0 Å². The Morgan fingerprint density at radius 2 is 2.41 bits per heavy atom. The molecule has 0 spiro atoms. The fraction of sp³-hybridized carbons (Fsp3) is 0.636. The Morgan fingerprint density at radius 3 is 3.06 bits per heavy atom. The van der Waals surface area contributed by atoms with Crippen LogP contribution in [0.15, 0.2) is 9.27 Å². The number of halogens is 1. The highest BCUT2D eigenvalue weighted by atomic mass is 79.9. The molecule has 0 aromatic carbocycles. The van der Waals surface area contributed by atoms with Gasteiger partial charge in [0.05, 0.1) is 12.3 Å². The van der Waals surface area contributed by atoms with Crippen molar-refractivity contribution in [1.29, 1.82) is 0 Å². The molecule has 2 heterocycles. The maximum atomic E-state index is 11.6. The van der Waals surface area contributed by atoms with Gasteiger partial charge in [0.15, 0.2) is 0 Å². The standard InChI is InChI=1S/C11H16BrN3O2/c1-3-15-4-5-17-8(6-15)10-13-7(2)9(12)11(16)14-10/h8H,3-6H2,1-2H3,(H,13,14,16). The van der Waals surface area contributed by atoms with E-state index >= 15 is 0 Å². The molecule has 0 bridgehead atoms. The third kappa shape index (κ3) is 2.75. The average molecular weight is 302 g/mol. The molecule has 17 heavy (non-hydrogen) atoms. The van der Waals surface area contributed by atoms with Crippen molar-refractivity contribution >= 4 is 15.9 Å². The zero-order valence-corrected chi connectivity index (χ0v) is 11.6. The van der Waals surface area contributed by atoms with Crippen molar-refractivity contribution in [2.75, 3.05) is 26.2 Å². The lowest BCUT2D eigenvalue weighted by Gasteiger charge is -2.31. The molecule has 1 aliphatic rings. The highest BCUT2D eigenvalue weighted by Crippen LogP contribution is 2.19. The topological polar surface area (TPSA) is 58.2 Å². The van der Waals surface area contributed by atoms with E-state index in [1.807, 2.05) is 6.92 Å². The van der Waals surface area contributed by atoms with Crippen LogP contribution in [0, 0.1) is 6.92 Å². The number of hydrogen-bond donors (Lipinski definition) is 1. The molecule has 1 aromatic heterocycles. The van der Waals surface area contributed by atoms with E-state index in [9.17, 15) is 4.79 Å². The summed E-state index contributed by atoms with van der Waals surface area (Å²) in [5, 5.41) is 0. The van der Waals surface area contributed by atoms with Crippen LogP contribution in [0.2, 0.25) is 0 Å². The Hall–Kier alpha value is -0.720. The van der Waals surface area contributed by atoms with Gasteiger partial charge in [0.25, 0.3) is 5.56 Å². The summed E-state index contributed by atoms with van der Waals surface area (Å²) in [4.78, 5) is 21.1. The number of nitrogens with one attached hydrogen (secondary N) is 1. The smallest absolute Gasteiger partial charge is 0.265 e. The lowest BCUT2D eigenvalue weighted by Crippen LogP contribution is -2.39. The quantitative estimate of drug-likeness (QED) is 0.893. The van der Waals surface area contributed by atoms with Gasteiger partial charge in [-0.1, -0.05) is 6.92 Å². The number of rotatable bonds is 2. The van der Waals surface area contributed by atoms with Crippen molar-refractivity contribution in [2.24, 2.45) is 0 Å². The van der Waals surface area contributed by atoms with Gasteiger partial charge in [-0.25, -0.2) is 4.98 Å². The lowest BCUT2D eigenvalue weighted by molar-refractivity contribution is -0.0327. The highest BCUT2D eigenvalue weighted by Gasteiger charge is 2.23. The lowest BCUT2D eigenvalue weighted by atomic mass is 10.2. The molecule has 1 aliphatic heterocycles. The predicted molar refractivity (Wildman–Crippen MR) is 68.1 cm³/mol. The van der Waals surface area contributed by atoms with Gasteiger partial charge in [0, 0.05) is 13.1 Å². The van der Waals surface area contributed by atoms with Crippen molar-refractivity contribution < 1.29 is 4.74 Å². The van der Waals surface area contributed by atoms with Crippen LogP contribution in [-0.4, -0.2) is 41.1 Å². The second kappa shape index (κ2) is 5.29. The summed E-state index contributed by atoms with van der Waals surface area (Å²) in [6, 6.07) is 0. The van der Waals surface area contributed by atoms with Crippen LogP contribution in [0.4, 0.5) is 0 Å². The van der Waals surface area contributed by atoms with Gasteiger partial charge in [-0.15, -0.1) is 0 Å². The van der Waals surface area contributed by atoms with Crippen molar-refractivity contribution in [3.05, 3.63) is 26.3 Å². The molecule has 0 amide bonds. The molecule has 1 unspecified atom stereocenters. The minimum absolute atomic E-state index is 0.136. The number of aromatic nitrogens is 2. The van der Waals surface area contributed by atoms with E-state index < -0.39 is 0 Å². The fourth-order valence-corrected chi connectivity index (χ4v) is 2.09. The third-order valence-corrected chi connectivity index (χ3v) is 3.88. The number of aryl methyl sites for hydroxylation is 1. The van der Waals surface area contributed by atoms with Gasteiger partial charge in [-0.05, 0) is 29.4 Å². The van der Waals surface area contributed by atoms with Crippen LogP contribution in [0.3, 0.4) is 0 Å². The molecule has 5 nitrogen and oxygen atoms in total. The molecule has 94 valence electrons. The Kier molecular flexibility index (Phi) is 3.96. The molecule has 0 saturated carbocycles. The zero-order chi connectivity index (χ0) is 12.4. The average Bonchev–Trinajstić information content (AvgIpc) is 2.35. The Labute approximate surface area is 108 Å². The number of nitrogens with zero attached hydrogens (tertiary/aromatic N) is 2. The first-order valence-corrected chi connectivity index (χ1v) is 6.51. The number of ether oxygens (including phenoxy) is 1. The molecular formula is C11H16BrN3O2. The van der Waals surface area contributed by atoms with Crippen molar-refractivity contribution in [2.45, 2.75) is 20.0 Å². The molecule has 1 N–H and O–H groups in total. The molecule has 0 aliphatic carbocycles. The number of hydrogen-bond acceptors (Lipinski definition) is 4. The summed E-state index contributed by atoms with van der Waals surface area (Å²) in [6.07, 6.45) is -0.136. The first-order chi connectivity index (χ1) is 8.11. The van der Waals surface area contributed by atoms with Crippen LogP contribution in [-0.2, 0) is 4.74 Å². The summed E-state index contributed by atoms with van der Waals surface area (Å²) in [6.45, 7) is 7.30. The van der Waals surface area contributed by atoms with E-state index in [1.165, 1.54) is 0 Å². The van der Waals surface area contributed by atoms with E-state index in [4.69, 9.17) is 4.74 Å². The summed E-state index contributed by atoms with van der Waals surface area (Å²) < 4.78 is 6.15. The SMILES string of the molecule is CCN1CCOC(c2nc(C)c(Br)c(=O)[nH]2)C1. The van der Waals surface area contributed by atoms with Gasteiger partial charge >= 0.3 is 0 Å². The number of morpholine rings is 1. The van der Waals surface area contributed by atoms with Gasteiger partial charge in [0.2, 0.25) is 0 Å². The second-order valence-corrected chi connectivity index (χ2v) is 4.90. The second-order valence-electron chi connectivity index (χ2n) is 4.10. The Balaban J connectivity index is 2.25. The maximum Gasteiger partial charge on any atom is 0.265 e. The zero-order valence-electron chi connectivity index (χ0n) is 9.99. The van der Waals surface area contributed by atoms with Gasteiger partial charge in [-0.2, -0.15) is 0 Å². The third-order valence-electron chi connectivity index (χ3n) is 2.95. The molecule has 6 heteroatoms. The predicted octanol–water partition coefficient (Wildman–Crippen LogP) is 1.23. The minimum Gasteiger partial charge on any atom is -0.368 e. The van der Waals surface area contributed by atoms with Crippen molar-refractivity contribution in [1.82, 2.24) is 14.9 Å². The largest absolute Gasteiger partial charge is 0.368 e. The first kappa shape index (κ1) is 12.7. The van der Waals surface area contributed by atoms with Crippen LogP contribution in [0.5, 0.6) is 0 Å². The van der Waals surface area contributed by atoms with E-state index in [0.29, 0.717) is 22.6 Å². The minimum atomic E-state index is -0.148. The number of H-pyrrole nitrogens is 1. The molecule has 1 atom stereocenters. The highest BCUT2D eigenvalue weighted by molar-refractivity contribution is 9.10. The summed E-state index contributed by atoms with van der Waals surface area (Å²) in [5.41, 5.74) is 0.547.